The van der Waals surface area contributed by atoms with Gasteiger partial charge in [0.25, 0.3) is 0 Å². The van der Waals surface area contributed by atoms with E-state index < -0.39 is 9.53 Å². The lowest BCUT2D eigenvalue weighted by atomic mass is 10.2. The van der Waals surface area contributed by atoms with Crippen LogP contribution in [-0.4, -0.2) is 43.4 Å². The molecule has 0 bridgehead atoms. The fourth-order valence-electron chi connectivity index (χ4n) is 1.05. The van der Waals surface area contributed by atoms with Crippen LogP contribution in [0.5, 0.6) is 0 Å². The molecule has 0 saturated carbocycles. The number of rotatable bonds is 9. The predicted octanol–water partition coefficient (Wildman–Crippen LogP) is 1.94. The van der Waals surface area contributed by atoms with Gasteiger partial charge in [-0.1, -0.05) is 32.8 Å². The molecular formula is C12H26O5Si. The Balaban J connectivity index is 0. The van der Waals surface area contributed by atoms with Crippen molar-refractivity contribution in [3.8, 4) is 0 Å². The average molecular weight is 278 g/mol. The molecule has 0 rings (SSSR count). The van der Waals surface area contributed by atoms with Crippen LogP contribution in [0.1, 0.15) is 32.6 Å². The van der Waals surface area contributed by atoms with Crippen LogP contribution in [0.25, 0.3) is 0 Å². The maximum Gasteiger partial charge on any atom is 0.483 e. The molecule has 0 radical (unpaired) electrons. The van der Waals surface area contributed by atoms with Gasteiger partial charge in [0, 0.05) is 27.4 Å². The van der Waals surface area contributed by atoms with Crippen LogP contribution in [0.4, 0.5) is 0 Å². The number of ether oxygens (including phenoxy) is 1. The number of carbonyl (C=O) groups is 1. The third kappa shape index (κ3) is 15.3. The average Bonchev–Trinajstić information content (AvgIpc) is 2.41. The monoisotopic (exact) mass is 278 g/mol. The summed E-state index contributed by atoms with van der Waals surface area (Å²) in [6, 6.07) is 0. The van der Waals surface area contributed by atoms with Crippen molar-refractivity contribution in [2.24, 2.45) is 0 Å². The zero-order chi connectivity index (χ0) is 14.2. The van der Waals surface area contributed by atoms with Crippen molar-refractivity contribution in [1.82, 2.24) is 0 Å². The molecule has 0 amide bonds. The second-order valence-corrected chi connectivity index (χ2v) is 5.42. The van der Waals surface area contributed by atoms with Gasteiger partial charge in [0.2, 0.25) is 0 Å². The third-order valence-corrected chi connectivity index (χ3v) is 3.14. The number of hydrogen-bond acceptors (Lipinski definition) is 5. The molecule has 0 aliphatic heterocycles. The first-order valence-electron chi connectivity index (χ1n) is 6.03. The first-order valence-corrected chi connectivity index (χ1v) is 7.45. The SMILES string of the molecule is C=CC(=O)OCCCCCC.CO[SiH](OC)OC. The first-order chi connectivity index (χ1) is 8.65. The lowest BCUT2D eigenvalue weighted by Gasteiger charge is -2.05. The van der Waals surface area contributed by atoms with E-state index in [-0.39, 0.29) is 5.97 Å². The van der Waals surface area contributed by atoms with E-state index in [0.29, 0.717) is 6.61 Å². The van der Waals surface area contributed by atoms with Crippen molar-refractivity contribution in [3.05, 3.63) is 12.7 Å². The number of esters is 1. The molecule has 0 unspecified atom stereocenters. The van der Waals surface area contributed by atoms with E-state index in [1.54, 1.807) is 21.3 Å². The summed E-state index contributed by atoms with van der Waals surface area (Å²) in [6.45, 7) is 5.98. The van der Waals surface area contributed by atoms with Gasteiger partial charge >= 0.3 is 15.5 Å². The van der Waals surface area contributed by atoms with E-state index in [1.165, 1.54) is 18.9 Å². The Labute approximate surface area is 112 Å². The second-order valence-electron chi connectivity index (χ2n) is 3.43. The third-order valence-electron chi connectivity index (χ3n) is 1.99. The van der Waals surface area contributed by atoms with Gasteiger partial charge in [-0.3, -0.25) is 0 Å². The highest BCUT2D eigenvalue weighted by Gasteiger charge is 2.04. The zero-order valence-corrected chi connectivity index (χ0v) is 13.1. The Morgan fingerprint density at radius 2 is 1.67 bits per heavy atom. The molecule has 0 spiro atoms. The topological polar surface area (TPSA) is 54.0 Å². The Hall–Kier alpha value is -0.693. The van der Waals surface area contributed by atoms with E-state index in [4.69, 9.17) is 18.0 Å². The summed E-state index contributed by atoms with van der Waals surface area (Å²) in [5.41, 5.74) is 0. The Bertz CT molecular complexity index is 189. The Morgan fingerprint density at radius 1 is 1.11 bits per heavy atom. The smallest absolute Gasteiger partial charge is 0.463 e. The van der Waals surface area contributed by atoms with E-state index in [0.717, 1.165) is 12.8 Å². The molecule has 5 nitrogen and oxygen atoms in total. The molecule has 0 heterocycles. The van der Waals surface area contributed by atoms with Crippen LogP contribution in [0.3, 0.4) is 0 Å². The normalized spacial score (nSPS) is 9.61. The maximum atomic E-state index is 10.5. The number of carbonyl (C=O) groups excluding carboxylic acids is 1. The summed E-state index contributed by atoms with van der Waals surface area (Å²) < 4.78 is 19.0. The highest BCUT2D eigenvalue weighted by molar-refractivity contribution is 6.36. The Kier molecular flexibility index (Phi) is 17.8. The minimum absolute atomic E-state index is 0.318. The summed E-state index contributed by atoms with van der Waals surface area (Å²) in [5, 5.41) is 0. The molecule has 0 aliphatic carbocycles. The molecule has 18 heavy (non-hydrogen) atoms. The molecule has 6 heteroatoms. The summed E-state index contributed by atoms with van der Waals surface area (Å²) in [4.78, 5) is 10.5. The van der Waals surface area contributed by atoms with Gasteiger partial charge in [0.15, 0.2) is 0 Å². The molecule has 0 aromatic carbocycles. The standard InChI is InChI=1S/C9H16O2.C3H10O3Si/c1-3-5-6-7-8-11-9(10)4-2;1-4-7(5-2)6-3/h4H,2-3,5-8H2,1H3;7H,1-3H3. The highest BCUT2D eigenvalue weighted by atomic mass is 28.3. The molecule has 108 valence electrons. The second kappa shape index (κ2) is 16.3. The lowest BCUT2D eigenvalue weighted by molar-refractivity contribution is -0.137. The molecule has 0 aliphatic rings. The summed E-state index contributed by atoms with van der Waals surface area (Å²) in [5.74, 6) is -0.318. The number of unbranched alkanes of at least 4 members (excludes halogenated alkanes) is 3. The van der Waals surface area contributed by atoms with Crippen molar-refractivity contribution in [2.75, 3.05) is 27.9 Å². The van der Waals surface area contributed by atoms with Crippen molar-refractivity contribution in [1.29, 1.82) is 0 Å². The van der Waals surface area contributed by atoms with Gasteiger partial charge in [-0.25, -0.2) is 4.79 Å². The van der Waals surface area contributed by atoms with Crippen molar-refractivity contribution >= 4 is 15.5 Å². The molecular weight excluding hydrogens is 252 g/mol. The molecule has 0 aromatic rings. The molecule has 0 N–H and O–H groups in total. The Morgan fingerprint density at radius 3 is 2.00 bits per heavy atom. The van der Waals surface area contributed by atoms with E-state index in [9.17, 15) is 4.79 Å². The summed E-state index contributed by atoms with van der Waals surface area (Å²) >= 11 is 0. The van der Waals surface area contributed by atoms with Crippen LogP contribution in [0, 0.1) is 0 Å². The predicted molar refractivity (Wildman–Crippen MR) is 73.5 cm³/mol. The van der Waals surface area contributed by atoms with E-state index in [2.05, 4.69) is 13.5 Å². The summed E-state index contributed by atoms with van der Waals surface area (Å²) in [6.07, 6.45) is 5.72. The molecule has 0 atom stereocenters. The molecule has 0 fully saturated rings. The van der Waals surface area contributed by atoms with E-state index >= 15 is 0 Å². The fourth-order valence-corrected chi connectivity index (χ4v) is 1.63. The molecule has 0 saturated heterocycles. The minimum atomic E-state index is -1.67. The number of hydrogen-bond donors (Lipinski definition) is 0. The maximum absolute atomic E-state index is 10.5. The minimum Gasteiger partial charge on any atom is -0.463 e. The quantitative estimate of drug-likeness (QED) is 0.279. The van der Waals surface area contributed by atoms with Gasteiger partial charge < -0.3 is 18.0 Å². The van der Waals surface area contributed by atoms with Crippen LogP contribution in [-0.2, 0) is 22.8 Å². The zero-order valence-electron chi connectivity index (χ0n) is 11.9. The molecule has 0 aromatic heterocycles. The van der Waals surface area contributed by atoms with Crippen molar-refractivity contribution in [2.45, 2.75) is 32.6 Å². The van der Waals surface area contributed by atoms with Gasteiger partial charge in [-0.2, -0.15) is 0 Å². The summed E-state index contributed by atoms with van der Waals surface area (Å²) in [7, 11) is 3.05. The van der Waals surface area contributed by atoms with Crippen molar-refractivity contribution in [3.63, 3.8) is 0 Å². The van der Waals surface area contributed by atoms with Gasteiger partial charge in [0.1, 0.15) is 0 Å². The van der Waals surface area contributed by atoms with E-state index in [1.807, 2.05) is 0 Å². The van der Waals surface area contributed by atoms with Crippen LogP contribution in [0.15, 0.2) is 12.7 Å². The van der Waals surface area contributed by atoms with Gasteiger partial charge in [-0.15, -0.1) is 0 Å². The highest BCUT2D eigenvalue weighted by Crippen LogP contribution is 1.98. The van der Waals surface area contributed by atoms with Crippen LogP contribution in [0.2, 0.25) is 0 Å². The lowest BCUT2D eigenvalue weighted by Crippen LogP contribution is -2.21. The van der Waals surface area contributed by atoms with Crippen LogP contribution >= 0.6 is 0 Å². The van der Waals surface area contributed by atoms with Gasteiger partial charge in [-0.05, 0) is 6.42 Å². The largest absolute Gasteiger partial charge is 0.483 e. The van der Waals surface area contributed by atoms with Crippen molar-refractivity contribution < 1.29 is 22.8 Å². The van der Waals surface area contributed by atoms with Crippen LogP contribution < -0.4 is 0 Å². The first kappa shape index (κ1) is 19.6. The van der Waals surface area contributed by atoms with Gasteiger partial charge in [0.05, 0.1) is 6.61 Å². The fraction of sp³-hybridized carbons (Fsp3) is 0.750.